The maximum atomic E-state index is 12.4. The molecule has 0 saturated carbocycles. The third kappa shape index (κ3) is 4.75. The van der Waals surface area contributed by atoms with Crippen LogP contribution in [0.5, 0.6) is 5.75 Å². The highest BCUT2D eigenvalue weighted by molar-refractivity contribution is 7.91. The largest absolute Gasteiger partial charge is 0.482 e. The van der Waals surface area contributed by atoms with Crippen molar-refractivity contribution < 1.29 is 31.1 Å². The van der Waals surface area contributed by atoms with Crippen molar-refractivity contribution in [2.75, 3.05) is 17.7 Å². The molecule has 1 aliphatic rings. The van der Waals surface area contributed by atoms with Gasteiger partial charge in [0, 0.05) is 0 Å². The molecule has 0 fully saturated rings. The summed E-state index contributed by atoms with van der Waals surface area (Å²) in [6.07, 6.45) is -4.31. The number of urea groups is 1. The van der Waals surface area contributed by atoms with Crippen molar-refractivity contribution in [3.63, 3.8) is 0 Å². The summed E-state index contributed by atoms with van der Waals surface area (Å²) in [6.45, 7) is -1.48. The van der Waals surface area contributed by atoms with Crippen molar-refractivity contribution in [3.05, 3.63) is 54.1 Å². The first-order valence-corrected chi connectivity index (χ1v) is 9.99. The highest BCUT2D eigenvalue weighted by atomic mass is 32.2. The van der Waals surface area contributed by atoms with E-state index in [4.69, 9.17) is 4.74 Å². The van der Waals surface area contributed by atoms with E-state index in [1.54, 1.807) is 24.3 Å². The number of benzene rings is 2. The Bertz CT molecular complexity index is 977. The molecule has 0 spiro atoms. The van der Waals surface area contributed by atoms with Crippen molar-refractivity contribution in [1.29, 1.82) is 0 Å². The molecule has 2 N–H and O–H groups in total. The van der Waals surface area contributed by atoms with E-state index in [1.165, 1.54) is 24.3 Å². The van der Waals surface area contributed by atoms with Crippen molar-refractivity contribution in [3.8, 4) is 5.75 Å². The van der Waals surface area contributed by atoms with Crippen molar-refractivity contribution in [2.24, 2.45) is 0 Å². The van der Waals surface area contributed by atoms with E-state index >= 15 is 0 Å². The normalized spacial score (nSPS) is 18.0. The second kappa shape index (κ2) is 7.70. The monoisotopic (exact) mass is 414 g/mol. The van der Waals surface area contributed by atoms with E-state index < -0.39 is 34.7 Å². The van der Waals surface area contributed by atoms with Crippen LogP contribution in [-0.4, -0.2) is 33.0 Å². The molecule has 0 bridgehead atoms. The van der Waals surface area contributed by atoms with Crippen LogP contribution in [0.1, 0.15) is 18.0 Å². The van der Waals surface area contributed by atoms with Gasteiger partial charge in [-0.3, -0.25) is 0 Å². The molecule has 0 radical (unpaired) electrons. The van der Waals surface area contributed by atoms with Gasteiger partial charge in [0.15, 0.2) is 16.4 Å². The minimum absolute atomic E-state index is 0.0703. The number of hydrogen-bond donors (Lipinski definition) is 2. The molecular formula is C18H17F3N2O4S. The number of sulfone groups is 1. The Labute approximate surface area is 159 Å². The summed E-state index contributed by atoms with van der Waals surface area (Å²) in [5.74, 6) is -0.234. The molecule has 2 aromatic carbocycles. The zero-order chi connectivity index (χ0) is 20.4. The first kappa shape index (κ1) is 20.0. The van der Waals surface area contributed by atoms with Gasteiger partial charge >= 0.3 is 12.2 Å². The van der Waals surface area contributed by atoms with E-state index in [1.807, 2.05) is 0 Å². The predicted molar refractivity (Wildman–Crippen MR) is 96.0 cm³/mol. The lowest BCUT2D eigenvalue weighted by atomic mass is 10.0. The van der Waals surface area contributed by atoms with Gasteiger partial charge in [0.05, 0.1) is 22.4 Å². The quantitative estimate of drug-likeness (QED) is 0.800. The number of rotatable bonds is 4. The second-order valence-corrected chi connectivity index (χ2v) is 8.27. The van der Waals surface area contributed by atoms with Crippen LogP contribution < -0.4 is 15.4 Å². The van der Waals surface area contributed by atoms with Gasteiger partial charge in [-0.25, -0.2) is 13.2 Å². The summed E-state index contributed by atoms with van der Waals surface area (Å²) in [4.78, 5) is 12.5. The van der Waals surface area contributed by atoms with Gasteiger partial charge < -0.3 is 15.4 Å². The molecule has 150 valence electrons. The van der Waals surface area contributed by atoms with Crippen molar-refractivity contribution >= 4 is 21.6 Å². The van der Waals surface area contributed by atoms with Crippen molar-refractivity contribution in [1.82, 2.24) is 5.32 Å². The van der Waals surface area contributed by atoms with E-state index in [2.05, 4.69) is 10.6 Å². The summed E-state index contributed by atoms with van der Waals surface area (Å²) in [5.41, 5.74) is 0.548. The average molecular weight is 414 g/mol. The number of alkyl halides is 3. The number of fused-ring (bicyclic) bond motifs is 1. The number of para-hydroxylation sites is 2. The van der Waals surface area contributed by atoms with Crippen LogP contribution >= 0.6 is 0 Å². The SMILES string of the molecule is O=C(Nc1ccccc1OCC(F)(F)F)NC1CCS(=O)(=O)c2ccccc21. The Morgan fingerprint density at radius 3 is 2.54 bits per heavy atom. The number of nitrogens with one attached hydrogen (secondary N) is 2. The lowest BCUT2D eigenvalue weighted by Gasteiger charge is -2.26. The molecule has 28 heavy (non-hydrogen) atoms. The van der Waals surface area contributed by atoms with Gasteiger partial charge in [-0.15, -0.1) is 0 Å². The molecule has 0 aliphatic carbocycles. The lowest BCUT2D eigenvalue weighted by molar-refractivity contribution is -0.153. The predicted octanol–water partition coefficient (Wildman–Crippen LogP) is 3.67. The average Bonchev–Trinajstić information content (AvgIpc) is 2.63. The Hall–Kier alpha value is -2.75. The summed E-state index contributed by atoms with van der Waals surface area (Å²) in [6, 6.07) is 10.9. The molecule has 0 saturated heterocycles. The van der Waals surface area contributed by atoms with E-state index in [0.29, 0.717) is 5.56 Å². The smallest absolute Gasteiger partial charge is 0.422 e. The molecule has 3 rings (SSSR count). The summed E-state index contributed by atoms with van der Waals surface area (Å²) < 4.78 is 66.2. The second-order valence-electron chi connectivity index (χ2n) is 6.20. The fourth-order valence-corrected chi connectivity index (χ4v) is 4.53. The number of carbonyl (C=O) groups is 1. The fraction of sp³-hybridized carbons (Fsp3) is 0.278. The zero-order valence-corrected chi connectivity index (χ0v) is 15.3. The minimum atomic E-state index is -4.51. The van der Waals surface area contributed by atoms with Crippen LogP contribution in [0.4, 0.5) is 23.7 Å². The number of hydrogen-bond acceptors (Lipinski definition) is 4. The number of carbonyl (C=O) groups excluding carboxylic acids is 1. The number of amides is 2. The Morgan fingerprint density at radius 2 is 1.79 bits per heavy atom. The molecule has 2 aromatic rings. The highest BCUT2D eigenvalue weighted by Gasteiger charge is 2.31. The van der Waals surface area contributed by atoms with E-state index in [-0.39, 0.29) is 28.5 Å². The van der Waals surface area contributed by atoms with Crippen LogP contribution in [0.3, 0.4) is 0 Å². The molecule has 0 aromatic heterocycles. The molecule has 10 heteroatoms. The van der Waals surface area contributed by atoms with Gasteiger partial charge in [0.1, 0.15) is 5.75 Å². The van der Waals surface area contributed by atoms with Gasteiger partial charge in [-0.1, -0.05) is 30.3 Å². The van der Waals surface area contributed by atoms with Gasteiger partial charge in [-0.05, 0) is 30.2 Å². The Balaban J connectivity index is 1.72. The third-order valence-electron chi connectivity index (χ3n) is 4.14. The molecule has 1 aliphatic heterocycles. The van der Waals surface area contributed by atoms with Crippen LogP contribution in [0.25, 0.3) is 0 Å². The van der Waals surface area contributed by atoms with E-state index in [9.17, 15) is 26.4 Å². The van der Waals surface area contributed by atoms with Crippen LogP contribution in [0.15, 0.2) is 53.4 Å². The first-order valence-electron chi connectivity index (χ1n) is 8.33. The maximum Gasteiger partial charge on any atom is 0.422 e. The summed E-state index contributed by atoms with van der Waals surface area (Å²) in [7, 11) is -3.40. The standard InChI is InChI=1S/C18H17F3N2O4S/c19-18(20,21)11-27-15-7-3-2-6-14(15)23-17(24)22-13-9-10-28(25,26)16-8-4-1-5-12(13)16/h1-8,13H,9-11H2,(H2,22,23,24). The lowest BCUT2D eigenvalue weighted by Crippen LogP contribution is -2.36. The molecular weight excluding hydrogens is 397 g/mol. The van der Waals surface area contributed by atoms with Crippen LogP contribution in [-0.2, 0) is 9.84 Å². The fourth-order valence-electron chi connectivity index (χ4n) is 2.91. The van der Waals surface area contributed by atoms with Gasteiger partial charge in [-0.2, -0.15) is 13.2 Å². The number of anilines is 1. The van der Waals surface area contributed by atoms with Gasteiger partial charge in [0.25, 0.3) is 0 Å². The van der Waals surface area contributed by atoms with Crippen molar-refractivity contribution in [2.45, 2.75) is 23.5 Å². The van der Waals surface area contributed by atoms with E-state index in [0.717, 1.165) is 0 Å². The Morgan fingerprint density at radius 1 is 1.11 bits per heavy atom. The zero-order valence-electron chi connectivity index (χ0n) is 14.5. The third-order valence-corrected chi connectivity index (χ3v) is 5.95. The Kier molecular flexibility index (Phi) is 5.50. The maximum absolute atomic E-state index is 12.4. The minimum Gasteiger partial charge on any atom is -0.482 e. The topological polar surface area (TPSA) is 84.5 Å². The molecule has 1 unspecified atom stereocenters. The summed E-state index contributed by atoms with van der Waals surface area (Å²) >= 11 is 0. The number of halogens is 3. The molecule has 6 nitrogen and oxygen atoms in total. The summed E-state index contributed by atoms with van der Waals surface area (Å²) in [5, 5.41) is 5.12. The number of ether oxygens (including phenoxy) is 1. The first-order chi connectivity index (χ1) is 13.2. The van der Waals surface area contributed by atoms with Crippen LogP contribution in [0, 0.1) is 0 Å². The van der Waals surface area contributed by atoms with Gasteiger partial charge in [0.2, 0.25) is 0 Å². The molecule has 1 heterocycles. The van der Waals surface area contributed by atoms with Crippen LogP contribution in [0.2, 0.25) is 0 Å². The highest BCUT2D eigenvalue weighted by Crippen LogP contribution is 2.32. The molecule has 2 amide bonds. The molecule has 1 atom stereocenters.